The van der Waals surface area contributed by atoms with Crippen molar-refractivity contribution in [3.05, 3.63) is 45.6 Å². The first-order valence-electron chi connectivity index (χ1n) is 12.7. The Bertz CT molecular complexity index is 1100. The van der Waals surface area contributed by atoms with Gasteiger partial charge in [-0.3, -0.25) is 14.3 Å². The fourth-order valence-electron chi connectivity index (χ4n) is 5.26. The van der Waals surface area contributed by atoms with Crippen LogP contribution in [-0.2, 0) is 36.0 Å². The third-order valence-electron chi connectivity index (χ3n) is 7.15. The molecule has 0 aromatic carbocycles. The summed E-state index contributed by atoms with van der Waals surface area (Å²) in [5.41, 5.74) is 1.75. The number of esters is 1. The van der Waals surface area contributed by atoms with Gasteiger partial charge in [0.2, 0.25) is 5.91 Å². The number of rotatable bonds is 8. The molecule has 1 aliphatic heterocycles. The number of fused-ring (bicyclic) bond motifs is 1. The molecule has 1 saturated carbocycles. The minimum absolute atomic E-state index is 0.143. The van der Waals surface area contributed by atoms with Gasteiger partial charge in [-0.25, -0.2) is 4.79 Å². The number of methoxy groups -OCH3 is 1. The molecule has 0 radical (unpaired) electrons. The summed E-state index contributed by atoms with van der Waals surface area (Å²) in [6.45, 7) is 1.65. The molecule has 2 aliphatic rings. The number of ether oxygens (including phenoxy) is 2. The molecular weight excluding hydrogens is 448 g/mol. The van der Waals surface area contributed by atoms with Gasteiger partial charge >= 0.3 is 5.97 Å². The molecule has 0 N–H and O–H groups in total. The Labute approximate surface area is 206 Å². The minimum atomic E-state index is -0.530. The van der Waals surface area contributed by atoms with Gasteiger partial charge in [-0.15, -0.1) is 0 Å². The van der Waals surface area contributed by atoms with Gasteiger partial charge in [0.05, 0.1) is 19.9 Å². The first-order valence-corrected chi connectivity index (χ1v) is 12.7. The van der Waals surface area contributed by atoms with E-state index in [9.17, 15) is 14.4 Å². The minimum Gasteiger partial charge on any atom is -0.492 e. The predicted molar refractivity (Wildman–Crippen MR) is 131 cm³/mol. The van der Waals surface area contributed by atoms with Crippen molar-refractivity contribution in [3.8, 4) is 5.75 Å². The molecule has 190 valence electrons. The van der Waals surface area contributed by atoms with Crippen LogP contribution in [0.15, 0.2) is 23.3 Å². The van der Waals surface area contributed by atoms with E-state index in [0.29, 0.717) is 57.1 Å². The molecule has 3 heterocycles. The number of nitrogens with zero attached hydrogens (tertiary/aromatic N) is 4. The molecule has 2 aromatic rings. The number of pyridine rings is 1. The summed E-state index contributed by atoms with van der Waals surface area (Å²) in [6.07, 6.45) is 12.1. The van der Waals surface area contributed by atoms with E-state index in [1.165, 1.54) is 32.4 Å². The summed E-state index contributed by atoms with van der Waals surface area (Å²) in [5, 5.41) is 4.16. The Morgan fingerprint density at radius 2 is 1.94 bits per heavy atom. The van der Waals surface area contributed by atoms with E-state index < -0.39 is 5.97 Å². The number of aryl methyl sites for hydroxylation is 2. The van der Waals surface area contributed by atoms with Crippen LogP contribution in [-0.4, -0.2) is 57.9 Å². The van der Waals surface area contributed by atoms with Crippen LogP contribution in [0.1, 0.15) is 66.6 Å². The molecule has 0 spiro atoms. The summed E-state index contributed by atoms with van der Waals surface area (Å²) in [6, 6.07) is 1.37. The van der Waals surface area contributed by atoms with Crippen LogP contribution in [0.4, 0.5) is 0 Å². The monoisotopic (exact) mass is 484 g/mol. The Morgan fingerprint density at radius 3 is 2.66 bits per heavy atom. The van der Waals surface area contributed by atoms with Gasteiger partial charge in [0.25, 0.3) is 5.56 Å². The van der Waals surface area contributed by atoms with Gasteiger partial charge in [-0.05, 0) is 37.2 Å². The van der Waals surface area contributed by atoms with Crippen LogP contribution in [0.2, 0.25) is 0 Å². The fraction of sp³-hybridized carbons (Fsp3) is 0.615. The lowest BCUT2D eigenvalue weighted by Crippen LogP contribution is -2.35. The lowest BCUT2D eigenvalue weighted by Gasteiger charge is -2.25. The van der Waals surface area contributed by atoms with Crippen molar-refractivity contribution in [2.75, 3.05) is 26.8 Å². The highest BCUT2D eigenvalue weighted by Gasteiger charge is 2.28. The van der Waals surface area contributed by atoms with E-state index >= 15 is 0 Å². The van der Waals surface area contributed by atoms with Crippen molar-refractivity contribution in [2.45, 2.75) is 64.3 Å². The summed E-state index contributed by atoms with van der Waals surface area (Å²) < 4.78 is 14.3. The average molecular weight is 485 g/mol. The van der Waals surface area contributed by atoms with Gasteiger partial charge < -0.3 is 18.9 Å². The van der Waals surface area contributed by atoms with E-state index in [4.69, 9.17) is 9.47 Å². The zero-order chi connectivity index (χ0) is 24.8. The highest BCUT2D eigenvalue weighted by atomic mass is 16.5. The maximum Gasteiger partial charge on any atom is 0.343 e. The summed E-state index contributed by atoms with van der Waals surface area (Å²) in [4.78, 5) is 40.6. The summed E-state index contributed by atoms with van der Waals surface area (Å²) in [5.74, 6) is 0.324. The molecule has 2 aromatic heterocycles. The van der Waals surface area contributed by atoms with Gasteiger partial charge in [-0.1, -0.05) is 19.3 Å². The molecule has 0 saturated heterocycles. The SMILES string of the molecule is COC(=O)c1c(OCCCc2cnn(C)c2)cc(=O)n2c1CCN(C(=O)CC1CCCCC1)CC2. The van der Waals surface area contributed by atoms with Gasteiger partial charge in [0, 0.05) is 57.5 Å². The number of carbonyl (C=O) groups is 2. The lowest BCUT2D eigenvalue weighted by molar-refractivity contribution is -0.132. The smallest absolute Gasteiger partial charge is 0.343 e. The normalized spacial score (nSPS) is 16.5. The van der Waals surface area contributed by atoms with Crippen LogP contribution in [0, 0.1) is 5.92 Å². The largest absolute Gasteiger partial charge is 0.492 e. The first-order chi connectivity index (χ1) is 17.0. The molecular formula is C26H36N4O5. The van der Waals surface area contributed by atoms with Crippen molar-refractivity contribution < 1.29 is 19.1 Å². The van der Waals surface area contributed by atoms with Crippen LogP contribution in [0.25, 0.3) is 0 Å². The zero-order valence-electron chi connectivity index (χ0n) is 20.8. The van der Waals surface area contributed by atoms with Gasteiger partial charge in [-0.2, -0.15) is 5.10 Å². The third-order valence-corrected chi connectivity index (χ3v) is 7.15. The van der Waals surface area contributed by atoms with Crippen molar-refractivity contribution in [2.24, 2.45) is 13.0 Å². The second-order valence-electron chi connectivity index (χ2n) is 9.62. The predicted octanol–water partition coefficient (Wildman–Crippen LogP) is 2.74. The first kappa shape index (κ1) is 25.0. The highest BCUT2D eigenvalue weighted by Crippen LogP contribution is 2.28. The van der Waals surface area contributed by atoms with Crippen LogP contribution in [0.5, 0.6) is 5.75 Å². The van der Waals surface area contributed by atoms with Crippen molar-refractivity contribution in [1.82, 2.24) is 19.2 Å². The van der Waals surface area contributed by atoms with E-state index in [1.54, 1.807) is 9.25 Å². The van der Waals surface area contributed by atoms with E-state index in [-0.39, 0.29) is 22.8 Å². The van der Waals surface area contributed by atoms with Crippen LogP contribution >= 0.6 is 0 Å². The van der Waals surface area contributed by atoms with E-state index in [1.807, 2.05) is 24.3 Å². The third kappa shape index (κ3) is 6.13. The molecule has 9 heteroatoms. The maximum absolute atomic E-state index is 13.0. The Hall–Kier alpha value is -3.10. The van der Waals surface area contributed by atoms with Crippen LogP contribution in [0.3, 0.4) is 0 Å². The van der Waals surface area contributed by atoms with Crippen LogP contribution < -0.4 is 10.3 Å². The standard InChI is InChI=1S/C26H36N4O5/c1-28-18-20(17-27-28)9-6-14-35-22-16-24(32)30-13-12-29(11-10-21(30)25(22)26(33)34-2)23(31)15-19-7-4-3-5-8-19/h16-19H,3-15H2,1-2H3. The van der Waals surface area contributed by atoms with E-state index in [2.05, 4.69) is 5.10 Å². The van der Waals surface area contributed by atoms with Crippen molar-refractivity contribution >= 4 is 11.9 Å². The number of amides is 1. The fourth-order valence-corrected chi connectivity index (χ4v) is 5.26. The topological polar surface area (TPSA) is 95.7 Å². The molecule has 9 nitrogen and oxygen atoms in total. The molecule has 0 bridgehead atoms. The highest BCUT2D eigenvalue weighted by molar-refractivity contribution is 5.93. The van der Waals surface area contributed by atoms with Crippen molar-refractivity contribution in [3.63, 3.8) is 0 Å². The lowest BCUT2D eigenvalue weighted by atomic mass is 9.86. The number of carbonyl (C=O) groups excluding carboxylic acids is 2. The second kappa shape index (κ2) is 11.6. The molecule has 1 amide bonds. The number of hydrogen-bond donors (Lipinski definition) is 0. The van der Waals surface area contributed by atoms with E-state index in [0.717, 1.165) is 24.8 Å². The molecule has 1 aliphatic carbocycles. The second-order valence-corrected chi connectivity index (χ2v) is 9.62. The zero-order valence-corrected chi connectivity index (χ0v) is 20.8. The molecule has 0 atom stereocenters. The molecule has 4 rings (SSSR count). The van der Waals surface area contributed by atoms with Crippen molar-refractivity contribution in [1.29, 1.82) is 0 Å². The molecule has 35 heavy (non-hydrogen) atoms. The maximum atomic E-state index is 13.0. The Morgan fingerprint density at radius 1 is 1.14 bits per heavy atom. The average Bonchev–Trinajstić information content (AvgIpc) is 3.14. The summed E-state index contributed by atoms with van der Waals surface area (Å²) >= 11 is 0. The quantitative estimate of drug-likeness (QED) is 0.422. The molecule has 1 fully saturated rings. The number of hydrogen-bond acceptors (Lipinski definition) is 6. The number of aromatic nitrogens is 3. The molecule has 0 unspecified atom stereocenters. The van der Waals surface area contributed by atoms with Gasteiger partial charge in [0.1, 0.15) is 11.3 Å². The Balaban J connectivity index is 1.46. The Kier molecular flexibility index (Phi) is 8.25. The summed E-state index contributed by atoms with van der Waals surface area (Å²) in [7, 11) is 3.20. The van der Waals surface area contributed by atoms with Gasteiger partial charge in [0.15, 0.2) is 0 Å².